The molecule has 0 spiro atoms. The number of hydrogen-bond donors (Lipinski definition) is 2. The predicted octanol–water partition coefficient (Wildman–Crippen LogP) is 2.95. The maximum absolute atomic E-state index is 12.3. The van der Waals surface area contributed by atoms with E-state index in [9.17, 15) is 9.59 Å². The summed E-state index contributed by atoms with van der Waals surface area (Å²) in [4.78, 5) is 22.8. The molecule has 1 amide bonds. The molecule has 7 nitrogen and oxygen atoms in total. The maximum Gasteiger partial charge on any atom is 0.303 e. The van der Waals surface area contributed by atoms with Crippen molar-refractivity contribution in [2.24, 2.45) is 0 Å². The molecule has 140 valence electrons. The number of amides is 1. The fourth-order valence-corrected chi connectivity index (χ4v) is 2.56. The maximum atomic E-state index is 12.3. The molecule has 0 unspecified atom stereocenters. The molecule has 0 bridgehead atoms. The Bertz CT molecular complexity index is 751. The Morgan fingerprint density at radius 1 is 1.27 bits per heavy atom. The lowest BCUT2D eigenvalue weighted by molar-refractivity contribution is -0.137. The van der Waals surface area contributed by atoms with Crippen LogP contribution < -0.4 is 10.1 Å². The number of aromatic nitrogens is 2. The number of carboxylic acid groups (broad SMARTS) is 1. The minimum absolute atomic E-state index is 0.0942. The van der Waals surface area contributed by atoms with Gasteiger partial charge in [0.15, 0.2) is 0 Å². The summed E-state index contributed by atoms with van der Waals surface area (Å²) in [7, 11) is 0. The van der Waals surface area contributed by atoms with Crippen molar-refractivity contribution in [2.45, 2.75) is 46.2 Å². The van der Waals surface area contributed by atoms with Gasteiger partial charge in [-0.1, -0.05) is 12.1 Å². The second-order valence-corrected chi connectivity index (χ2v) is 6.35. The Labute approximate surface area is 153 Å². The molecule has 1 aromatic carbocycles. The van der Waals surface area contributed by atoms with Crippen LogP contribution in [0.2, 0.25) is 0 Å². The molecule has 0 saturated heterocycles. The molecule has 2 N–H and O–H groups in total. The minimum atomic E-state index is -0.825. The molecule has 0 aliphatic heterocycles. The fourth-order valence-electron chi connectivity index (χ4n) is 2.56. The molecule has 0 fully saturated rings. The SMILES string of the molecule is Cc1c(C(=O)NCc2ccc(OCCCC(=O)O)cc2)cnn1C(C)C. The van der Waals surface area contributed by atoms with Gasteiger partial charge in [-0.15, -0.1) is 0 Å². The first kappa shape index (κ1) is 19.5. The first-order chi connectivity index (χ1) is 12.4. The molecule has 2 rings (SSSR count). The van der Waals surface area contributed by atoms with Crippen LogP contribution in [0.3, 0.4) is 0 Å². The topological polar surface area (TPSA) is 93.4 Å². The summed E-state index contributed by atoms with van der Waals surface area (Å²) in [5.74, 6) is -0.295. The molecule has 0 saturated carbocycles. The third kappa shape index (κ3) is 5.34. The van der Waals surface area contributed by atoms with E-state index in [0.717, 1.165) is 11.3 Å². The summed E-state index contributed by atoms with van der Waals surface area (Å²) in [6.07, 6.45) is 2.16. The number of hydrogen-bond acceptors (Lipinski definition) is 4. The number of ether oxygens (including phenoxy) is 1. The molecule has 0 aliphatic rings. The molecule has 0 atom stereocenters. The first-order valence-corrected chi connectivity index (χ1v) is 8.64. The Hall–Kier alpha value is -2.83. The lowest BCUT2D eigenvalue weighted by atomic mass is 10.2. The number of carbonyl (C=O) groups is 2. The zero-order chi connectivity index (χ0) is 19.1. The van der Waals surface area contributed by atoms with Crippen LogP contribution in [-0.2, 0) is 11.3 Å². The van der Waals surface area contributed by atoms with E-state index in [-0.39, 0.29) is 18.4 Å². The van der Waals surface area contributed by atoms with E-state index in [2.05, 4.69) is 10.4 Å². The van der Waals surface area contributed by atoms with E-state index in [1.165, 1.54) is 0 Å². The van der Waals surface area contributed by atoms with E-state index in [1.807, 2.05) is 49.7 Å². The van der Waals surface area contributed by atoms with Crippen molar-refractivity contribution in [3.63, 3.8) is 0 Å². The average molecular weight is 359 g/mol. The number of benzene rings is 1. The van der Waals surface area contributed by atoms with Crippen LogP contribution in [0.25, 0.3) is 0 Å². The summed E-state index contributed by atoms with van der Waals surface area (Å²) in [5, 5.41) is 15.7. The van der Waals surface area contributed by atoms with E-state index in [4.69, 9.17) is 9.84 Å². The van der Waals surface area contributed by atoms with Crippen LogP contribution in [0.1, 0.15) is 54.3 Å². The van der Waals surface area contributed by atoms with Gasteiger partial charge in [0.1, 0.15) is 5.75 Å². The van der Waals surface area contributed by atoms with Crippen LogP contribution in [-0.4, -0.2) is 33.4 Å². The van der Waals surface area contributed by atoms with Crippen molar-refractivity contribution in [3.8, 4) is 5.75 Å². The zero-order valence-electron chi connectivity index (χ0n) is 15.4. The number of nitrogens with one attached hydrogen (secondary N) is 1. The van der Waals surface area contributed by atoms with Gasteiger partial charge in [0.2, 0.25) is 0 Å². The monoisotopic (exact) mass is 359 g/mol. The number of carboxylic acids is 1. The summed E-state index contributed by atoms with van der Waals surface area (Å²) < 4.78 is 7.31. The Kier molecular flexibility index (Phi) is 6.77. The summed E-state index contributed by atoms with van der Waals surface area (Å²) in [6, 6.07) is 7.57. The largest absolute Gasteiger partial charge is 0.494 e. The quantitative estimate of drug-likeness (QED) is 0.672. The van der Waals surface area contributed by atoms with Crippen LogP contribution in [0.4, 0.5) is 0 Å². The van der Waals surface area contributed by atoms with Crippen molar-refractivity contribution in [2.75, 3.05) is 6.61 Å². The van der Waals surface area contributed by atoms with E-state index in [0.29, 0.717) is 30.9 Å². The van der Waals surface area contributed by atoms with Crippen LogP contribution in [0, 0.1) is 6.92 Å². The predicted molar refractivity (Wildman–Crippen MR) is 97.3 cm³/mol. The zero-order valence-corrected chi connectivity index (χ0v) is 15.4. The minimum Gasteiger partial charge on any atom is -0.494 e. The van der Waals surface area contributed by atoms with Gasteiger partial charge in [0.25, 0.3) is 5.91 Å². The fraction of sp³-hybridized carbons (Fsp3) is 0.421. The van der Waals surface area contributed by atoms with Crippen molar-refractivity contribution < 1.29 is 19.4 Å². The summed E-state index contributed by atoms with van der Waals surface area (Å²) in [5.41, 5.74) is 2.38. The van der Waals surface area contributed by atoms with Gasteiger partial charge < -0.3 is 15.2 Å². The summed E-state index contributed by atoms with van der Waals surface area (Å²) >= 11 is 0. The van der Waals surface area contributed by atoms with Crippen molar-refractivity contribution in [1.29, 1.82) is 0 Å². The van der Waals surface area contributed by atoms with Crippen molar-refractivity contribution in [1.82, 2.24) is 15.1 Å². The number of aliphatic carboxylic acids is 1. The van der Waals surface area contributed by atoms with Crippen LogP contribution >= 0.6 is 0 Å². The van der Waals surface area contributed by atoms with Gasteiger partial charge in [-0.3, -0.25) is 14.3 Å². The van der Waals surface area contributed by atoms with Gasteiger partial charge in [0, 0.05) is 24.7 Å². The second-order valence-electron chi connectivity index (χ2n) is 6.35. The van der Waals surface area contributed by atoms with E-state index < -0.39 is 5.97 Å². The van der Waals surface area contributed by atoms with Gasteiger partial charge in [-0.25, -0.2) is 0 Å². The van der Waals surface area contributed by atoms with E-state index in [1.54, 1.807) is 6.20 Å². The number of carbonyl (C=O) groups excluding carboxylic acids is 1. The first-order valence-electron chi connectivity index (χ1n) is 8.64. The lowest BCUT2D eigenvalue weighted by Gasteiger charge is -2.10. The van der Waals surface area contributed by atoms with E-state index >= 15 is 0 Å². The third-order valence-electron chi connectivity index (χ3n) is 3.96. The highest BCUT2D eigenvalue weighted by molar-refractivity contribution is 5.95. The van der Waals surface area contributed by atoms with Crippen LogP contribution in [0.5, 0.6) is 5.75 Å². The lowest BCUT2D eigenvalue weighted by Crippen LogP contribution is -2.23. The highest BCUT2D eigenvalue weighted by atomic mass is 16.5. The Morgan fingerprint density at radius 3 is 2.54 bits per heavy atom. The molecule has 26 heavy (non-hydrogen) atoms. The van der Waals surface area contributed by atoms with Crippen LogP contribution in [0.15, 0.2) is 30.5 Å². The Balaban J connectivity index is 1.84. The van der Waals surface area contributed by atoms with Gasteiger partial charge >= 0.3 is 5.97 Å². The normalized spacial score (nSPS) is 10.8. The highest BCUT2D eigenvalue weighted by Crippen LogP contribution is 2.14. The smallest absolute Gasteiger partial charge is 0.303 e. The molecule has 1 aromatic heterocycles. The molecular weight excluding hydrogens is 334 g/mol. The molecule has 7 heteroatoms. The van der Waals surface area contributed by atoms with Gasteiger partial charge in [-0.05, 0) is 44.9 Å². The molecule has 0 aliphatic carbocycles. The van der Waals surface area contributed by atoms with Crippen molar-refractivity contribution >= 4 is 11.9 Å². The molecule has 2 aromatic rings. The number of nitrogens with zero attached hydrogens (tertiary/aromatic N) is 2. The average Bonchev–Trinajstić information content (AvgIpc) is 2.99. The highest BCUT2D eigenvalue weighted by Gasteiger charge is 2.15. The molecular formula is C19H25N3O4. The Morgan fingerprint density at radius 2 is 1.96 bits per heavy atom. The third-order valence-corrected chi connectivity index (χ3v) is 3.96. The van der Waals surface area contributed by atoms with Gasteiger partial charge in [-0.2, -0.15) is 5.10 Å². The van der Waals surface area contributed by atoms with Crippen molar-refractivity contribution in [3.05, 3.63) is 47.3 Å². The standard InChI is InChI=1S/C19H25N3O4/c1-13(2)22-14(3)17(12-21-22)19(25)20-11-15-6-8-16(9-7-15)26-10-4-5-18(23)24/h6-9,12-13H,4-5,10-11H2,1-3H3,(H,20,25)(H,23,24). The van der Waals surface area contributed by atoms with Gasteiger partial charge in [0.05, 0.1) is 18.4 Å². The summed E-state index contributed by atoms with van der Waals surface area (Å²) in [6.45, 7) is 6.70. The number of rotatable bonds is 9. The molecule has 0 radical (unpaired) electrons. The second kappa shape index (κ2) is 9.03. The molecule has 1 heterocycles.